The van der Waals surface area contributed by atoms with Crippen molar-refractivity contribution in [3.05, 3.63) is 33.9 Å². The molecule has 0 unspecified atom stereocenters. The maximum absolute atomic E-state index is 12.0. The monoisotopic (exact) mass is 295 g/mol. The van der Waals surface area contributed by atoms with Crippen LogP contribution in [-0.2, 0) is 0 Å². The topological polar surface area (TPSA) is 84.7 Å². The second-order valence-electron chi connectivity index (χ2n) is 4.43. The summed E-state index contributed by atoms with van der Waals surface area (Å²) >= 11 is 0. The van der Waals surface area contributed by atoms with Crippen molar-refractivity contribution in [1.29, 1.82) is 0 Å². The van der Waals surface area contributed by atoms with Gasteiger partial charge in [-0.3, -0.25) is 14.9 Å². The van der Waals surface area contributed by atoms with Crippen LogP contribution >= 0.6 is 0 Å². The van der Waals surface area contributed by atoms with Crippen molar-refractivity contribution in [2.24, 2.45) is 0 Å². The number of methoxy groups -OCH3 is 1. The summed E-state index contributed by atoms with van der Waals surface area (Å²) in [5.74, 6) is -0.187. The molecule has 0 aliphatic carbocycles. The van der Waals surface area contributed by atoms with E-state index in [9.17, 15) is 14.9 Å². The molecule has 7 nitrogen and oxygen atoms in total. The van der Waals surface area contributed by atoms with E-state index in [4.69, 9.17) is 4.74 Å². The lowest BCUT2D eigenvalue weighted by atomic mass is 10.1. The van der Waals surface area contributed by atoms with Gasteiger partial charge in [0.2, 0.25) is 0 Å². The Morgan fingerprint density at radius 2 is 2.05 bits per heavy atom. The third kappa shape index (κ3) is 4.71. The number of rotatable bonds is 8. The van der Waals surface area contributed by atoms with Crippen LogP contribution in [-0.4, -0.2) is 49.0 Å². The Morgan fingerprint density at radius 3 is 2.57 bits per heavy atom. The van der Waals surface area contributed by atoms with Crippen LogP contribution in [0.3, 0.4) is 0 Å². The average molecular weight is 295 g/mol. The van der Waals surface area contributed by atoms with Gasteiger partial charge in [0.15, 0.2) is 5.75 Å². The highest BCUT2D eigenvalue weighted by Crippen LogP contribution is 2.27. The molecule has 0 aliphatic heterocycles. The molecule has 7 heteroatoms. The predicted molar refractivity (Wildman–Crippen MR) is 79.8 cm³/mol. The molecule has 0 atom stereocenters. The molecule has 21 heavy (non-hydrogen) atoms. The fourth-order valence-corrected chi connectivity index (χ4v) is 1.94. The van der Waals surface area contributed by atoms with E-state index in [1.807, 2.05) is 0 Å². The van der Waals surface area contributed by atoms with E-state index in [0.717, 1.165) is 19.6 Å². The zero-order valence-corrected chi connectivity index (χ0v) is 12.6. The highest BCUT2D eigenvalue weighted by Gasteiger charge is 2.18. The zero-order valence-electron chi connectivity index (χ0n) is 12.6. The van der Waals surface area contributed by atoms with Gasteiger partial charge in [-0.1, -0.05) is 13.8 Å². The molecular weight excluding hydrogens is 274 g/mol. The van der Waals surface area contributed by atoms with Crippen LogP contribution in [0.2, 0.25) is 0 Å². The first-order chi connectivity index (χ1) is 10.0. The Bertz CT molecular complexity index is 501. The highest BCUT2D eigenvalue weighted by molar-refractivity contribution is 5.95. The van der Waals surface area contributed by atoms with Gasteiger partial charge in [-0.2, -0.15) is 0 Å². The lowest BCUT2D eigenvalue weighted by Crippen LogP contribution is -2.34. The fourth-order valence-electron chi connectivity index (χ4n) is 1.94. The number of carbonyl (C=O) groups excluding carboxylic acids is 1. The van der Waals surface area contributed by atoms with Gasteiger partial charge in [-0.15, -0.1) is 0 Å². The molecule has 1 rings (SSSR count). The van der Waals surface area contributed by atoms with Crippen molar-refractivity contribution in [1.82, 2.24) is 10.2 Å². The molecule has 0 saturated heterocycles. The number of likely N-dealkylation sites (N-methyl/N-ethyl adjacent to an activating group) is 1. The van der Waals surface area contributed by atoms with Gasteiger partial charge in [0.1, 0.15) is 0 Å². The average Bonchev–Trinajstić information content (AvgIpc) is 2.50. The van der Waals surface area contributed by atoms with Crippen molar-refractivity contribution in [3.63, 3.8) is 0 Å². The second kappa shape index (κ2) is 8.21. The number of benzene rings is 1. The predicted octanol–water partition coefficient (Wildman–Crippen LogP) is 1.68. The van der Waals surface area contributed by atoms with Crippen molar-refractivity contribution in [2.45, 2.75) is 13.8 Å². The summed E-state index contributed by atoms with van der Waals surface area (Å²) in [6.45, 7) is 7.19. The Balaban J connectivity index is 2.70. The lowest BCUT2D eigenvalue weighted by Gasteiger charge is -2.17. The minimum absolute atomic E-state index is 0.139. The van der Waals surface area contributed by atoms with Crippen molar-refractivity contribution in [3.8, 4) is 5.75 Å². The van der Waals surface area contributed by atoms with E-state index in [0.29, 0.717) is 6.54 Å². The fraction of sp³-hybridized carbons (Fsp3) is 0.500. The number of nitro groups is 1. The highest BCUT2D eigenvalue weighted by atomic mass is 16.6. The van der Waals surface area contributed by atoms with Crippen molar-refractivity contribution >= 4 is 11.6 Å². The zero-order chi connectivity index (χ0) is 15.8. The van der Waals surface area contributed by atoms with Gasteiger partial charge in [0, 0.05) is 24.7 Å². The normalized spacial score (nSPS) is 10.5. The first-order valence-corrected chi connectivity index (χ1v) is 6.86. The number of ether oxygens (including phenoxy) is 1. The number of hydrogen-bond donors (Lipinski definition) is 1. The molecule has 1 N–H and O–H groups in total. The first-order valence-electron chi connectivity index (χ1n) is 6.86. The first kappa shape index (κ1) is 16.9. The molecule has 0 fully saturated rings. The van der Waals surface area contributed by atoms with E-state index >= 15 is 0 Å². The standard InChI is InChI=1S/C14H21N3O4/c1-4-16(5-2)9-8-15-14(18)11-6-7-13(21-3)12(10-11)17(19)20/h6-7,10H,4-5,8-9H2,1-3H3,(H,15,18). The van der Waals surface area contributed by atoms with E-state index in [2.05, 4.69) is 24.1 Å². The summed E-state index contributed by atoms with van der Waals surface area (Å²) in [5, 5.41) is 13.7. The Morgan fingerprint density at radius 1 is 1.38 bits per heavy atom. The molecule has 0 spiro atoms. The summed E-state index contributed by atoms with van der Waals surface area (Å²) in [4.78, 5) is 24.5. The summed E-state index contributed by atoms with van der Waals surface area (Å²) in [5.41, 5.74) is 0.0379. The van der Waals surface area contributed by atoms with E-state index in [-0.39, 0.29) is 22.9 Å². The van der Waals surface area contributed by atoms with Crippen LogP contribution in [0.5, 0.6) is 5.75 Å². The smallest absolute Gasteiger partial charge is 0.311 e. The summed E-state index contributed by atoms with van der Waals surface area (Å²) in [7, 11) is 1.35. The SMILES string of the molecule is CCN(CC)CCNC(=O)c1ccc(OC)c([N+](=O)[O-])c1. The van der Waals surface area contributed by atoms with E-state index in [1.54, 1.807) is 0 Å². The van der Waals surface area contributed by atoms with Gasteiger partial charge in [-0.05, 0) is 25.2 Å². The molecule has 0 radical (unpaired) electrons. The molecule has 0 saturated carbocycles. The minimum Gasteiger partial charge on any atom is -0.490 e. The Hall–Kier alpha value is -2.15. The number of amides is 1. The van der Waals surface area contributed by atoms with Crippen molar-refractivity contribution < 1.29 is 14.5 Å². The molecule has 116 valence electrons. The maximum atomic E-state index is 12.0. The van der Waals surface area contributed by atoms with Gasteiger partial charge in [0.25, 0.3) is 5.91 Å². The Kier molecular flexibility index (Phi) is 6.61. The molecule has 1 aromatic carbocycles. The van der Waals surface area contributed by atoms with Gasteiger partial charge >= 0.3 is 5.69 Å². The number of nitrogens with one attached hydrogen (secondary N) is 1. The largest absolute Gasteiger partial charge is 0.490 e. The quantitative estimate of drug-likeness (QED) is 0.582. The molecule has 0 aromatic heterocycles. The van der Waals surface area contributed by atoms with Crippen LogP contribution < -0.4 is 10.1 Å². The second-order valence-corrected chi connectivity index (χ2v) is 4.43. The van der Waals surface area contributed by atoms with Crippen LogP contribution in [0.15, 0.2) is 18.2 Å². The number of carbonyl (C=O) groups is 1. The van der Waals surface area contributed by atoms with Gasteiger partial charge in [-0.25, -0.2) is 0 Å². The Labute approximate surface area is 124 Å². The molecule has 1 amide bonds. The molecule has 0 heterocycles. The van der Waals surface area contributed by atoms with Crippen molar-refractivity contribution in [2.75, 3.05) is 33.3 Å². The molecular formula is C14H21N3O4. The number of hydrogen-bond acceptors (Lipinski definition) is 5. The number of nitro benzene ring substituents is 1. The summed E-state index contributed by atoms with van der Waals surface area (Å²) in [6, 6.07) is 4.17. The third-order valence-corrected chi connectivity index (χ3v) is 3.25. The molecule has 0 aliphatic rings. The van der Waals surface area contributed by atoms with Gasteiger partial charge < -0.3 is 15.0 Å². The number of nitrogens with zero attached hydrogens (tertiary/aromatic N) is 2. The van der Waals surface area contributed by atoms with Crippen LogP contribution in [0.1, 0.15) is 24.2 Å². The van der Waals surface area contributed by atoms with E-state index < -0.39 is 4.92 Å². The van der Waals surface area contributed by atoms with Crippen LogP contribution in [0.25, 0.3) is 0 Å². The molecule has 0 bridgehead atoms. The third-order valence-electron chi connectivity index (χ3n) is 3.25. The summed E-state index contributed by atoms with van der Waals surface area (Å²) < 4.78 is 4.90. The summed E-state index contributed by atoms with van der Waals surface area (Å²) in [6.07, 6.45) is 0. The van der Waals surface area contributed by atoms with E-state index in [1.165, 1.54) is 25.3 Å². The van der Waals surface area contributed by atoms with Crippen LogP contribution in [0, 0.1) is 10.1 Å². The van der Waals surface area contributed by atoms with Gasteiger partial charge in [0.05, 0.1) is 12.0 Å². The van der Waals surface area contributed by atoms with Crippen LogP contribution in [0.4, 0.5) is 5.69 Å². The minimum atomic E-state index is -0.564. The molecule has 1 aromatic rings. The lowest BCUT2D eigenvalue weighted by molar-refractivity contribution is -0.385. The maximum Gasteiger partial charge on any atom is 0.311 e.